The number of nitrogens with zero attached hydrogens (tertiary/aromatic N) is 3. The van der Waals surface area contributed by atoms with E-state index in [2.05, 4.69) is 53.0 Å². The molecule has 0 aliphatic rings. The number of benzene rings is 1. The SMILES string of the molecule is CCCn1c(CNc2ccc(C)cc2)nc2cccnc21. The van der Waals surface area contributed by atoms with Gasteiger partial charge in [-0.2, -0.15) is 0 Å². The molecule has 0 atom stereocenters. The molecule has 21 heavy (non-hydrogen) atoms. The summed E-state index contributed by atoms with van der Waals surface area (Å²) in [4.78, 5) is 9.16. The monoisotopic (exact) mass is 280 g/mol. The summed E-state index contributed by atoms with van der Waals surface area (Å²) >= 11 is 0. The highest BCUT2D eigenvalue weighted by Gasteiger charge is 2.10. The summed E-state index contributed by atoms with van der Waals surface area (Å²) in [5, 5.41) is 3.44. The average molecular weight is 280 g/mol. The highest BCUT2D eigenvalue weighted by atomic mass is 15.1. The van der Waals surface area contributed by atoms with Crippen molar-refractivity contribution in [3.05, 3.63) is 54.0 Å². The zero-order valence-electron chi connectivity index (χ0n) is 12.5. The highest BCUT2D eigenvalue weighted by Crippen LogP contribution is 2.16. The molecule has 0 unspecified atom stereocenters. The fourth-order valence-corrected chi connectivity index (χ4v) is 2.45. The van der Waals surface area contributed by atoms with Gasteiger partial charge in [0.25, 0.3) is 0 Å². The van der Waals surface area contributed by atoms with Gasteiger partial charge in [0.15, 0.2) is 5.65 Å². The molecule has 108 valence electrons. The fraction of sp³-hybridized carbons (Fsp3) is 0.294. The third kappa shape index (κ3) is 2.89. The number of hydrogen-bond donors (Lipinski definition) is 1. The van der Waals surface area contributed by atoms with Crippen molar-refractivity contribution in [2.45, 2.75) is 33.4 Å². The van der Waals surface area contributed by atoms with E-state index in [-0.39, 0.29) is 0 Å². The summed E-state index contributed by atoms with van der Waals surface area (Å²) in [6.07, 6.45) is 2.90. The number of aromatic nitrogens is 3. The third-order valence-electron chi connectivity index (χ3n) is 3.53. The van der Waals surface area contributed by atoms with Crippen molar-refractivity contribution < 1.29 is 0 Å². The molecule has 4 nitrogen and oxygen atoms in total. The van der Waals surface area contributed by atoms with Gasteiger partial charge in [-0.05, 0) is 37.6 Å². The van der Waals surface area contributed by atoms with Crippen LogP contribution >= 0.6 is 0 Å². The minimum Gasteiger partial charge on any atom is -0.378 e. The Kier molecular flexibility index (Phi) is 3.86. The topological polar surface area (TPSA) is 42.7 Å². The summed E-state index contributed by atoms with van der Waals surface area (Å²) in [5.41, 5.74) is 4.32. The minimum atomic E-state index is 0.708. The molecule has 1 aromatic carbocycles. The Bertz CT molecular complexity index is 728. The second-order valence-electron chi connectivity index (χ2n) is 5.25. The molecule has 0 aliphatic carbocycles. The van der Waals surface area contributed by atoms with Crippen LogP contribution in [0.1, 0.15) is 24.7 Å². The van der Waals surface area contributed by atoms with Crippen LogP contribution in [0.5, 0.6) is 0 Å². The van der Waals surface area contributed by atoms with Gasteiger partial charge >= 0.3 is 0 Å². The molecule has 0 bridgehead atoms. The third-order valence-corrected chi connectivity index (χ3v) is 3.53. The molecule has 4 heteroatoms. The van der Waals surface area contributed by atoms with Crippen molar-refractivity contribution >= 4 is 16.9 Å². The van der Waals surface area contributed by atoms with Crippen LogP contribution in [0, 0.1) is 6.92 Å². The predicted octanol–water partition coefficient (Wildman–Crippen LogP) is 3.76. The molecule has 0 aliphatic heterocycles. The number of hydrogen-bond acceptors (Lipinski definition) is 3. The van der Waals surface area contributed by atoms with E-state index in [1.54, 1.807) is 0 Å². The maximum absolute atomic E-state index is 4.70. The summed E-state index contributed by atoms with van der Waals surface area (Å²) < 4.78 is 2.20. The van der Waals surface area contributed by atoms with E-state index >= 15 is 0 Å². The Morgan fingerprint density at radius 3 is 2.71 bits per heavy atom. The van der Waals surface area contributed by atoms with Crippen LogP contribution in [0.15, 0.2) is 42.6 Å². The van der Waals surface area contributed by atoms with Gasteiger partial charge in [0.2, 0.25) is 0 Å². The lowest BCUT2D eigenvalue weighted by Crippen LogP contribution is -2.09. The van der Waals surface area contributed by atoms with Crippen LogP contribution in [0.25, 0.3) is 11.2 Å². The average Bonchev–Trinajstić information content (AvgIpc) is 2.85. The van der Waals surface area contributed by atoms with Crippen LogP contribution in [-0.4, -0.2) is 14.5 Å². The number of fused-ring (bicyclic) bond motifs is 1. The molecule has 3 aromatic rings. The van der Waals surface area contributed by atoms with Crippen molar-refractivity contribution in [2.75, 3.05) is 5.32 Å². The van der Waals surface area contributed by atoms with Crippen LogP contribution in [-0.2, 0) is 13.1 Å². The van der Waals surface area contributed by atoms with E-state index in [9.17, 15) is 0 Å². The van der Waals surface area contributed by atoms with Gasteiger partial charge < -0.3 is 9.88 Å². The Morgan fingerprint density at radius 1 is 1.14 bits per heavy atom. The van der Waals surface area contributed by atoms with Crippen LogP contribution < -0.4 is 5.32 Å². The van der Waals surface area contributed by atoms with E-state index in [4.69, 9.17) is 4.98 Å². The Labute approximate surface area is 124 Å². The molecule has 2 aromatic heterocycles. The lowest BCUT2D eigenvalue weighted by molar-refractivity contribution is 0.656. The number of aryl methyl sites for hydroxylation is 2. The molecule has 0 saturated carbocycles. The molecular formula is C17H20N4. The number of imidazole rings is 1. The first-order valence-corrected chi connectivity index (χ1v) is 7.38. The molecule has 1 N–H and O–H groups in total. The van der Waals surface area contributed by atoms with Gasteiger partial charge in [-0.25, -0.2) is 9.97 Å². The number of nitrogens with one attached hydrogen (secondary N) is 1. The van der Waals surface area contributed by atoms with Gasteiger partial charge in [0, 0.05) is 18.4 Å². The second-order valence-corrected chi connectivity index (χ2v) is 5.25. The smallest absolute Gasteiger partial charge is 0.160 e. The molecule has 0 spiro atoms. The first-order chi connectivity index (χ1) is 10.3. The van der Waals surface area contributed by atoms with Gasteiger partial charge in [0.1, 0.15) is 11.3 Å². The van der Waals surface area contributed by atoms with Gasteiger partial charge in [-0.3, -0.25) is 0 Å². The lowest BCUT2D eigenvalue weighted by Gasteiger charge is -2.09. The predicted molar refractivity (Wildman–Crippen MR) is 86.3 cm³/mol. The van der Waals surface area contributed by atoms with Crippen molar-refractivity contribution in [3.8, 4) is 0 Å². The number of pyridine rings is 1. The lowest BCUT2D eigenvalue weighted by atomic mass is 10.2. The maximum atomic E-state index is 4.70. The molecule has 0 radical (unpaired) electrons. The molecule has 3 rings (SSSR count). The molecule has 0 fully saturated rings. The Balaban J connectivity index is 1.85. The fourth-order valence-electron chi connectivity index (χ4n) is 2.45. The molecule has 0 amide bonds. The van der Waals surface area contributed by atoms with Gasteiger partial charge in [-0.15, -0.1) is 0 Å². The Morgan fingerprint density at radius 2 is 1.95 bits per heavy atom. The molecular weight excluding hydrogens is 260 g/mol. The molecule has 0 saturated heterocycles. The first kappa shape index (κ1) is 13.6. The van der Waals surface area contributed by atoms with Crippen LogP contribution in [0.3, 0.4) is 0 Å². The molecule has 2 heterocycles. The second kappa shape index (κ2) is 5.95. The van der Waals surface area contributed by atoms with Crippen molar-refractivity contribution in [3.63, 3.8) is 0 Å². The summed E-state index contributed by atoms with van der Waals surface area (Å²) in [6, 6.07) is 12.4. The number of anilines is 1. The quantitative estimate of drug-likeness (QED) is 0.773. The zero-order valence-corrected chi connectivity index (χ0v) is 12.5. The van der Waals surface area contributed by atoms with Crippen molar-refractivity contribution in [1.82, 2.24) is 14.5 Å². The Hall–Kier alpha value is -2.36. The van der Waals surface area contributed by atoms with E-state index in [0.29, 0.717) is 6.54 Å². The van der Waals surface area contributed by atoms with Crippen molar-refractivity contribution in [1.29, 1.82) is 0 Å². The summed E-state index contributed by atoms with van der Waals surface area (Å²) in [5.74, 6) is 1.03. The van der Waals surface area contributed by atoms with Crippen LogP contribution in [0.2, 0.25) is 0 Å². The minimum absolute atomic E-state index is 0.708. The summed E-state index contributed by atoms with van der Waals surface area (Å²) in [6.45, 7) is 5.92. The summed E-state index contributed by atoms with van der Waals surface area (Å²) in [7, 11) is 0. The van der Waals surface area contributed by atoms with E-state index in [0.717, 1.165) is 35.6 Å². The first-order valence-electron chi connectivity index (χ1n) is 7.38. The largest absolute Gasteiger partial charge is 0.378 e. The van der Waals surface area contributed by atoms with E-state index in [1.165, 1.54) is 5.56 Å². The standard InChI is InChI=1S/C17H20N4/c1-3-11-21-16(20-15-5-4-10-18-17(15)21)12-19-14-8-6-13(2)7-9-14/h4-10,19H,3,11-12H2,1-2H3. The van der Waals surface area contributed by atoms with Crippen molar-refractivity contribution in [2.24, 2.45) is 0 Å². The number of rotatable bonds is 5. The van der Waals surface area contributed by atoms with E-state index in [1.807, 2.05) is 18.3 Å². The maximum Gasteiger partial charge on any atom is 0.160 e. The van der Waals surface area contributed by atoms with Crippen LogP contribution in [0.4, 0.5) is 5.69 Å². The van der Waals surface area contributed by atoms with E-state index < -0.39 is 0 Å². The normalized spacial score (nSPS) is 11.0. The van der Waals surface area contributed by atoms with Gasteiger partial charge in [-0.1, -0.05) is 24.6 Å². The highest BCUT2D eigenvalue weighted by molar-refractivity contribution is 5.71. The van der Waals surface area contributed by atoms with Gasteiger partial charge in [0.05, 0.1) is 6.54 Å². The zero-order chi connectivity index (χ0) is 14.7.